The van der Waals surface area contributed by atoms with Crippen LogP contribution < -0.4 is 15.4 Å². The maximum atomic E-state index is 6.12. The van der Waals surface area contributed by atoms with Crippen molar-refractivity contribution in [2.24, 2.45) is 5.73 Å². The Balaban J connectivity index is 2.29. The molecular weight excluding hydrogens is 296 g/mol. The lowest BCUT2D eigenvalue weighted by Crippen LogP contribution is -2.16. The maximum Gasteiger partial charge on any atom is 0.122 e. The lowest BCUT2D eigenvalue weighted by atomic mass is 9.91. The highest BCUT2D eigenvalue weighted by Gasteiger charge is 2.15. The van der Waals surface area contributed by atoms with Gasteiger partial charge in [-0.2, -0.15) is 0 Å². The molecule has 0 bridgehead atoms. The van der Waals surface area contributed by atoms with Crippen LogP contribution in [0.25, 0.3) is 0 Å². The third kappa shape index (κ3) is 3.93. The Bertz CT molecular complexity index is 628. The number of rotatable bonds is 6. The fourth-order valence-corrected chi connectivity index (χ4v) is 2.76. The van der Waals surface area contributed by atoms with Gasteiger partial charge in [0.15, 0.2) is 0 Å². The minimum Gasteiger partial charge on any atom is -0.496 e. The van der Waals surface area contributed by atoms with Crippen LogP contribution in [0.2, 0.25) is 5.02 Å². The van der Waals surface area contributed by atoms with Crippen molar-refractivity contribution in [3.05, 3.63) is 58.6 Å². The van der Waals surface area contributed by atoms with E-state index < -0.39 is 0 Å². The predicted octanol–water partition coefficient (Wildman–Crippen LogP) is 3.70. The first kappa shape index (κ1) is 16.7. The van der Waals surface area contributed by atoms with E-state index in [9.17, 15) is 0 Å². The average Bonchev–Trinajstić information content (AvgIpc) is 2.52. The normalized spacial score (nSPS) is 12.0. The van der Waals surface area contributed by atoms with Crippen molar-refractivity contribution in [3.63, 3.8) is 0 Å². The summed E-state index contributed by atoms with van der Waals surface area (Å²) in [6.07, 6.45) is 0.803. The van der Waals surface area contributed by atoms with Crippen LogP contribution in [0.4, 0.5) is 5.69 Å². The zero-order valence-corrected chi connectivity index (χ0v) is 14.1. The van der Waals surface area contributed by atoms with Crippen molar-refractivity contribution in [1.82, 2.24) is 0 Å². The summed E-state index contributed by atoms with van der Waals surface area (Å²) in [5.74, 6) is 1.08. The predicted molar refractivity (Wildman–Crippen MR) is 94.3 cm³/mol. The van der Waals surface area contributed by atoms with E-state index in [4.69, 9.17) is 22.1 Å². The minimum absolute atomic E-state index is 0.229. The van der Waals surface area contributed by atoms with Crippen LogP contribution in [0.1, 0.15) is 17.0 Å². The number of nitrogens with zero attached hydrogens (tertiary/aromatic N) is 1. The van der Waals surface area contributed by atoms with Gasteiger partial charge in [0.1, 0.15) is 5.75 Å². The molecule has 2 rings (SSSR count). The molecule has 3 nitrogen and oxygen atoms in total. The van der Waals surface area contributed by atoms with Gasteiger partial charge in [0.25, 0.3) is 0 Å². The third-order valence-corrected chi connectivity index (χ3v) is 4.09. The van der Waals surface area contributed by atoms with E-state index in [0.29, 0.717) is 11.6 Å². The van der Waals surface area contributed by atoms with Crippen molar-refractivity contribution >= 4 is 17.3 Å². The van der Waals surface area contributed by atoms with Crippen LogP contribution in [-0.4, -0.2) is 27.7 Å². The molecule has 0 radical (unpaired) electrons. The zero-order chi connectivity index (χ0) is 16.1. The SMILES string of the molecule is COc1ccc(Cl)cc1CC(CN)c1cccc(N(C)C)c1. The smallest absolute Gasteiger partial charge is 0.122 e. The second kappa shape index (κ2) is 7.52. The number of nitrogens with two attached hydrogens (primary N) is 1. The highest BCUT2D eigenvalue weighted by Crippen LogP contribution is 2.29. The fourth-order valence-electron chi connectivity index (χ4n) is 2.57. The molecule has 2 aromatic rings. The van der Waals surface area contributed by atoms with Crippen molar-refractivity contribution in [2.75, 3.05) is 32.6 Å². The highest BCUT2D eigenvalue weighted by molar-refractivity contribution is 6.30. The highest BCUT2D eigenvalue weighted by atomic mass is 35.5. The van der Waals surface area contributed by atoms with Gasteiger partial charge in [0.05, 0.1) is 7.11 Å². The summed E-state index contributed by atoms with van der Waals surface area (Å²) in [6, 6.07) is 14.2. The monoisotopic (exact) mass is 318 g/mol. The molecule has 0 aliphatic carbocycles. The largest absolute Gasteiger partial charge is 0.496 e. The molecule has 0 saturated carbocycles. The lowest BCUT2D eigenvalue weighted by molar-refractivity contribution is 0.408. The van der Waals surface area contributed by atoms with E-state index in [1.165, 1.54) is 11.3 Å². The number of hydrogen-bond acceptors (Lipinski definition) is 3. The van der Waals surface area contributed by atoms with Gasteiger partial charge in [-0.25, -0.2) is 0 Å². The number of halogens is 1. The van der Waals surface area contributed by atoms with Crippen LogP contribution in [0.15, 0.2) is 42.5 Å². The van der Waals surface area contributed by atoms with Crippen LogP contribution >= 0.6 is 11.6 Å². The summed E-state index contributed by atoms with van der Waals surface area (Å²) in [6.45, 7) is 0.576. The lowest BCUT2D eigenvalue weighted by Gasteiger charge is -2.20. The van der Waals surface area contributed by atoms with Crippen LogP contribution in [0, 0.1) is 0 Å². The summed E-state index contributed by atoms with van der Waals surface area (Å²) in [7, 11) is 5.75. The van der Waals surface area contributed by atoms with E-state index in [0.717, 1.165) is 17.7 Å². The van der Waals surface area contributed by atoms with Gasteiger partial charge in [-0.15, -0.1) is 0 Å². The summed E-state index contributed by atoms with van der Waals surface area (Å²) >= 11 is 6.12. The molecule has 22 heavy (non-hydrogen) atoms. The summed E-state index contributed by atoms with van der Waals surface area (Å²) in [5.41, 5.74) is 9.51. The van der Waals surface area contributed by atoms with Gasteiger partial charge in [0.2, 0.25) is 0 Å². The first-order valence-corrected chi connectivity index (χ1v) is 7.72. The summed E-state index contributed by atoms with van der Waals surface area (Å²) < 4.78 is 5.44. The molecule has 1 unspecified atom stereocenters. The van der Waals surface area contributed by atoms with Crippen LogP contribution in [-0.2, 0) is 6.42 Å². The molecule has 0 aromatic heterocycles. The Hall–Kier alpha value is -1.71. The van der Waals surface area contributed by atoms with E-state index >= 15 is 0 Å². The van der Waals surface area contributed by atoms with E-state index in [1.54, 1.807) is 7.11 Å². The number of methoxy groups -OCH3 is 1. The molecule has 4 heteroatoms. The fraction of sp³-hybridized carbons (Fsp3) is 0.333. The second-order valence-corrected chi connectivity index (χ2v) is 6.02. The van der Waals surface area contributed by atoms with Crippen LogP contribution in [0.5, 0.6) is 5.75 Å². The molecular formula is C18H23ClN2O. The van der Waals surface area contributed by atoms with Gasteiger partial charge in [-0.05, 0) is 54.4 Å². The first-order chi connectivity index (χ1) is 10.5. The Morgan fingerprint density at radius 3 is 2.59 bits per heavy atom. The quantitative estimate of drug-likeness (QED) is 0.882. The molecule has 0 spiro atoms. The van der Waals surface area contributed by atoms with Gasteiger partial charge in [-0.3, -0.25) is 0 Å². The van der Waals surface area contributed by atoms with Crippen molar-refractivity contribution in [3.8, 4) is 5.75 Å². The number of anilines is 1. The van der Waals surface area contributed by atoms with Gasteiger partial charge >= 0.3 is 0 Å². The van der Waals surface area contributed by atoms with Gasteiger partial charge in [0, 0.05) is 30.7 Å². The zero-order valence-electron chi connectivity index (χ0n) is 13.3. The maximum absolute atomic E-state index is 6.12. The summed E-state index contributed by atoms with van der Waals surface area (Å²) in [4.78, 5) is 2.09. The van der Waals surface area contributed by atoms with E-state index in [-0.39, 0.29) is 5.92 Å². The molecule has 0 aliphatic rings. The van der Waals surface area contributed by atoms with E-state index in [1.807, 2.05) is 32.3 Å². The molecule has 0 aliphatic heterocycles. The Labute approximate surface area is 137 Å². The Kier molecular flexibility index (Phi) is 5.69. The Morgan fingerprint density at radius 2 is 1.95 bits per heavy atom. The number of benzene rings is 2. The number of hydrogen-bond donors (Lipinski definition) is 1. The topological polar surface area (TPSA) is 38.5 Å². The van der Waals surface area contributed by atoms with Crippen LogP contribution in [0.3, 0.4) is 0 Å². The molecule has 0 fully saturated rings. The second-order valence-electron chi connectivity index (χ2n) is 5.58. The molecule has 118 valence electrons. The van der Waals surface area contributed by atoms with Gasteiger partial charge < -0.3 is 15.4 Å². The van der Waals surface area contributed by atoms with Crippen molar-refractivity contribution in [1.29, 1.82) is 0 Å². The molecule has 2 aromatic carbocycles. The molecule has 1 atom stereocenters. The minimum atomic E-state index is 0.229. The first-order valence-electron chi connectivity index (χ1n) is 7.35. The summed E-state index contributed by atoms with van der Waals surface area (Å²) in [5, 5.41) is 0.716. The molecule has 0 heterocycles. The van der Waals surface area contributed by atoms with Gasteiger partial charge in [-0.1, -0.05) is 23.7 Å². The van der Waals surface area contributed by atoms with Crippen molar-refractivity contribution < 1.29 is 4.74 Å². The van der Waals surface area contributed by atoms with Crippen molar-refractivity contribution in [2.45, 2.75) is 12.3 Å². The number of ether oxygens (including phenoxy) is 1. The third-order valence-electron chi connectivity index (χ3n) is 3.85. The standard InChI is InChI=1S/C18H23ClN2O/c1-21(2)17-6-4-5-13(11-17)15(12-20)9-14-10-16(19)7-8-18(14)22-3/h4-8,10-11,15H,9,12,20H2,1-3H3. The molecule has 2 N–H and O–H groups in total. The molecule has 0 amide bonds. The Morgan fingerprint density at radius 1 is 1.18 bits per heavy atom. The van der Waals surface area contributed by atoms with E-state index in [2.05, 4.69) is 29.2 Å². The molecule has 0 saturated heterocycles. The average molecular weight is 319 g/mol.